The summed E-state index contributed by atoms with van der Waals surface area (Å²) >= 11 is 0. The molecule has 1 aliphatic carbocycles. The first-order valence-electron chi connectivity index (χ1n) is 4.95. The van der Waals surface area contributed by atoms with E-state index in [4.69, 9.17) is 0 Å². The van der Waals surface area contributed by atoms with Crippen LogP contribution in [0.5, 0.6) is 0 Å². The smallest absolute Gasteiger partial charge is 0.388 e. The number of aliphatic hydroxyl groups excluding tert-OH is 1. The van der Waals surface area contributed by atoms with Crippen LogP contribution in [0.2, 0.25) is 0 Å². The van der Waals surface area contributed by atoms with Crippen molar-refractivity contribution in [3.63, 3.8) is 0 Å². The van der Waals surface area contributed by atoms with Crippen LogP contribution < -0.4 is 0 Å². The largest absolute Gasteiger partial charge is 0.419 e. The average Bonchev–Trinajstić information content (AvgIpc) is 2.98. The zero-order valence-corrected chi connectivity index (χ0v) is 8.26. The van der Waals surface area contributed by atoms with Gasteiger partial charge in [-0.25, -0.2) is 4.39 Å². The minimum atomic E-state index is -4.72. The quantitative estimate of drug-likeness (QED) is 0.778. The summed E-state index contributed by atoms with van der Waals surface area (Å²) in [5, 5.41) is 9.62. The van der Waals surface area contributed by atoms with E-state index in [2.05, 4.69) is 0 Å². The third-order valence-electron chi connectivity index (χ3n) is 2.72. The van der Waals surface area contributed by atoms with Crippen LogP contribution in [0.25, 0.3) is 0 Å². The van der Waals surface area contributed by atoms with Crippen LogP contribution in [0.1, 0.15) is 30.1 Å². The maximum Gasteiger partial charge on any atom is 0.419 e. The molecule has 1 aromatic carbocycles. The van der Waals surface area contributed by atoms with Gasteiger partial charge in [0.05, 0.1) is 11.7 Å². The predicted octanol–water partition coefficient (Wildman–Crippen LogP) is 3.29. The first-order valence-corrected chi connectivity index (χ1v) is 4.95. The summed E-state index contributed by atoms with van der Waals surface area (Å²) < 4.78 is 50.7. The Kier molecular flexibility index (Phi) is 2.66. The Labute approximate surface area is 89.7 Å². The van der Waals surface area contributed by atoms with Crippen LogP contribution in [-0.2, 0) is 6.18 Å². The molecule has 1 atom stereocenters. The van der Waals surface area contributed by atoms with Crippen molar-refractivity contribution in [2.75, 3.05) is 0 Å². The zero-order valence-electron chi connectivity index (χ0n) is 8.26. The minimum Gasteiger partial charge on any atom is -0.388 e. The predicted molar refractivity (Wildman–Crippen MR) is 49.1 cm³/mol. The fraction of sp³-hybridized carbons (Fsp3) is 0.455. The summed E-state index contributed by atoms with van der Waals surface area (Å²) in [6, 6.07) is 3.00. The SMILES string of the molecule is OC(c1cccc(C(F)(F)F)c1F)C1CC1. The van der Waals surface area contributed by atoms with Gasteiger partial charge in [-0.05, 0) is 24.8 Å². The highest BCUT2D eigenvalue weighted by Gasteiger charge is 2.38. The van der Waals surface area contributed by atoms with Crippen LogP contribution in [0, 0.1) is 11.7 Å². The van der Waals surface area contributed by atoms with Crippen molar-refractivity contribution in [2.24, 2.45) is 5.92 Å². The Bertz CT molecular complexity index is 395. The van der Waals surface area contributed by atoms with Gasteiger partial charge in [0, 0.05) is 5.56 Å². The lowest BCUT2D eigenvalue weighted by Crippen LogP contribution is -2.12. The summed E-state index contributed by atoms with van der Waals surface area (Å²) in [7, 11) is 0. The van der Waals surface area contributed by atoms with Gasteiger partial charge in [0.25, 0.3) is 0 Å². The summed E-state index contributed by atoms with van der Waals surface area (Å²) in [5.74, 6) is -1.45. The molecule has 1 N–H and O–H groups in total. The lowest BCUT2D eigenvalue weighted by Gasteiger charge is -2.14. The van der Waals surface area contributed by atoms with E-state index in [1.165, 1.54) is 6.07 Å². The molecule has 0 amide bonds. The van der Waals surface area contributed by atoms with Gasteiger partial charge in [0.15, 0.2) is 0 Å². The third-order valence-corrected chi connectivity index (χ3v) is 2.72. The van der Waals surface area contributed by atoms with Gasteiger partial charge < -0.3 is 5.11 Å². The molecule has 1 aromatic rings. The van der Waals surface area contributed by atoms with E-state index in [0.717, 1.165) is 18.9 Å². The average molecular weight is 234 g/mol. The minimum absolute atomic E-state index is 0.0991. The molecule has 5 heteroatoms. The highest BCUT2D eigenvalue weighted by Crippen LogP contribution is 2.43. The van der Waals surface area contributed by atoms with Crippen LogP contribution in [0.15, 0.2) is 18.2 Å². The number of aliphatic hydroxyl groups is 1. The van der Waals surface area contributed by atoms with Crippen molar-refractivity contribution in [3.8, 4) is 0 Å². The van der Waals surface area contributed by atoms with Crippen LogP contribution in [0.3, 0.4) is 0 Å². The van der Waals surface area contributed by atoms with Gasteiger partial charge >= 0.3 is 6.18 Å². The number of hydrogen-bond acceptors (Lipinski definition) is 1. The second-order valence-corrected chi connectivity index (χ2v) is 3.99. The van der Waals surface area contributed by atoms with Crippen molar-refractivity contribution in [2.45, 2.75) is 25.1 Å². The Balaban J connectivity index is 2.39. The molecular weight excluding hydrogens is 224 g/mol. The Morgan fingerprint density at radius 3 is 2.38 bits per heavy atom. The van der Waals surface area contributed by atoms with E-state index in [1.54, 1.807) is 0 Å². The Hall–Kier alpha value is -1.10. The van der Waals surface area contributed by atoms with Crippen LogP contribution in [0.4, 0.5) is 17.6 Å². The van der Waals surface area contributed by atoms with Crippen molar-refractivity contribution in [1.82, 2.24) is 0 Å². The van der Waals surface area contributed by atoms with Gasteiger partial charge in [-0.15, -0.1) is 0 Å². The first kappa shape index (κ1) is 11.4. The molecule has 1 saturated carbocycles. The number of rotatable bonds is 2. The highest BCUT2D eigenvalue weighted by atomic mass is 19.4. The maximum atomic E-state index is 13.5. The van der Waals surface area contributed by atoms with Gasteiger partial charge in [0.1, 0.15) is 5.82 Å². The molecule has 2 rings (SSSR count). The van der Waals surface area contributed by atoms with E-state index >= 15 is 0 Å². The molecule has 0 heterocycles. The van der Waals surface area contributed by atoms with Crippen molar-refractivity contribution < 1.29 is 22.7 Å². The molecular formula is C11H10F4O. The van der Waals surface area contributed by atoms with E-state index in [1.807, 2.05) is 0 Å². The standard InChI is InChI=1S/C11H10F4O/c12-9-7(10(16)6-4-5-6)2-1-3-8(9)11(13,14)15/h1-3,6,10,16H,4-5H2. The summed E-state index contributed by atoms with van der Waals surface area (Å²) in [5.41, 5.74) is -1.57. The van der Waals surface area contributed by atoms with Gasteiger partial charge in [-0.1, -0.05) is 12.1 Å². The highest BCUT2D eigenvalue weighted by molar-refractivity contribution is 5.30. The fourth-order valence-electron chi connectivity index (χ4n) is 1.66. The van der Waals surface area contributed by atoms with Gasteiger partial charge in [0.2, 0.25) is 0 Å². The maximum absolute atomic E-state index is 13.5. The normalized spacial score (nSPS) is 18.6. The molecule has 1 nitrogen and oxygen atoms in total. The van der Waals surface area contributed by atoms with E-state index < -0.39 is 23.7 Å². The molecule has 0 aromatic heterocycles. The summed E-state index contributed by atoms with van der Waals surface area (Å²) in [6.45, 7) is 0. The van der Waals surface area contributed by atoms with Crippen LogP contribution >= 0.6 is 0 Å². The molecule has 0 saturated heterocycles. The lowest BCUT2D eigenvalue weighted by atomic mass is 10.0. The summed E-state index contributed by atoms with van der Waals surface area (Å²) in [6.07, 6.45) is -4.38. The first-order chi connectivity index (χ1) is 7.41. The molecule has 16 heavy (non-hydrogen) atoms. The Morgan fingerprint density at radius 2 is 1.88 bits per heavy atom. The number of benzene rings is 1. The van der Waals surface area contributed by atoms with Crippen molar-refractivity contribution in [1.29, 1.82) is 0 Å². The number of alkyl halides is 3. The molecule has 1 fully saturated rings. The van der Waals surface area contributed by atoms with Gasteiger partial charge in [-0.3, -0.25) is 0 Å². The van der Waals surface area contributed by atoms with E-state index in [-0.39, 0.29) is 11.5 Å². The lowest BCUT2D eigenvalue weighted by molar-refractivity contribution is -0.140. The number of hydrogen-bond donors (Lipinski definition) is 1. The molecule has 1 unspecified atom stereocenters. The molecule has 0 aliphatic heterocycles. The topological polar surface area (TPSA) is 20.2 Å². The molecule has 0 spiro atoms. The number of halogens is 4. The molecule has 88 valence electrons. The summed E-state index contributed by atoms with van der Waals surface area (Å²) in [4.78, 5) is 0. The second-order valence-electron chi connectivity index (χ2n) is 3.99. The molecule has 1 aliphatic rings. The van der Waals surface area contributed by atoms with E-state index in [9.17, 15) is 22.7 Å². The zero-order chi connectivity index (χ0) is 11.9. The Morgan fingerprint density at radius 1 is 1.25 bits per heavy atom. The molecule has 0 radical (unpaired) electrons. The third kappa shape index (κ3) is 2.04. The second kappa shape index (κ2) is 3.73. The van der Waals surface area contributed by atoms with Crippen molar-refractivity contribution in [3.05, 3.63) is 35.1 Å². The van der Waals surface area contributed by atoms with E-state index in [0.29, 0.717) is 6.07 Å². The fourth-order valence-corrected chi connectivity index (χ4v) is 1.66. The molecule has 0 bridgehead atoms. The monoisotopic (exact) mass is 234 g/mol. The van der Waals surface area contributed by atoms with Crippen LogP contribution in [-0.4, -0.2) is 5.11 Å². The van der Waals surface area contributed by atoms with Gasteiger partial charge in [-0.2, -0.15) is 13.2 Å². The van der Waals surface area contributed by atoms with Crippen molar-refractivity contribution >= 4 is 0 Å².